The lowest BCUT2D eigenvalue weighted by atomic mass is 10.0. The maximum atomic E-state index is 11.8. The Morgan fingerprint density at radius 2 is 1.93 bits per heavy atom. The standard InChI is InChI=1S/C21H34ClN5O2.HI/c1-4-26(5-2)19(17-9-7-8-10-18(17)22)15-24-20(23)25-16-11-13-27(14-12-16)21(28)29-6-3;/h7-10,16,19H,4-6,11-15H2,1-3H3,(H3,23,24,25);1H. The van der Waals surface area contributed by atoms with Crippen molar-refractivity contribution in [1.82, 2.24) is 15.1 Å². The van der Waals surface area contributed by atoms with Crippen LogP contribution in [0.3, 0.4) is 0 Å². The normalized spacial score (nSPS) is 16.2. The minimum absolute atomic E-state index is 0. The second-order valence-corrected chi connectivity index (χ2v) is 7.50. The number of rotatable bonds is 8. The van der Waals surface area contributed by atoms with Crippen LogP contribution in [0.1, 0.15) is 45.2 Å². The zero-order chi connectivity index (χ0) is 21.2. The molecule has 0 aromatic heterocycles. The molecular weight excluding hydrogens is 517 g/mol. The quantitative estimate of drug-likeness (QED) is 0.291. The van der Waals surface area contributed by atoms with E-state index >= 15 is 0 Å². The molecule has 1 saturated heterocycles. The third-order valence-electron chi connectivity index (χ3n) is 5.32. The number of piperidine rings is 1. The smallest absolute Gasteiger partial charge is 0.409 e. The molecule has 0 aliphatic carbocycles. The maximum absolute atomic E-state index is 11.8. The Labute approximate surface area is 202 Å². The van der Waals surface area contributed by atoms with Crippen molar-refractivity contribution in [1.29, 1.82) is 0 Å². The van der Waals surface area contributed by atoms with Gasteiger partial charge < -0.3 is 20.7 Å². The number of carbonyl (C=O) groups is 1. The van der Waals surface area contributed by atoms with Crippen LogP contribution >= 0.6 is 35.6 Å². The first kappa shape index (κ1) is 26.8. The van der Waals surface area contributed by atoms with Crippen molar-refractivity contribution >= 4 is 47.6 Å². The van der Waals surface area contributed by atoms with Crippen molar-refractivity contribution in [2.45, 2.75) is 45.7 Å². The Balaban J connectivity index is 0.00000450. The van der Waals surface area contributed by atoms with E-state index in [-0.39, 0.29) is 42.2 Å². The van der Waals surface area contributed by atoms with E-state index in [2.05, 4.69) is 35.1 Å². The zero-order valence-electron chi connectivity index (χ0n) is 18.1. The molecule has 30 heavy (non-hydrogen) atoms. The molecule has 7 nitrogen and oxygen atoms in total. The Bertz CT molecular complexity index is 679. The van der Waals surface area contributed by atoms with Gasteiger partial charge in [0.15, 0.2) is 5.96 Å². The molecule has 0 saturated carbocycles. The summed E-state index contributed by atoms with van der Waals surface area (Å²) in [6, 6.07) is 8.18. The number of ether oxygens (including phenoxy) is 1. The summed E-state index contributed by atoms with van der Waals surface area (Å²) in [4.78, 5) is 20.5. The number of nitrogens with zero attached hydrogens (tertiary/aromatic N) is 3. The average molecular weight is 552 g/mol. The van der Waals surface area contributed by atoms with Gasteiger partial charge in [-0.3, -0.25) is 9.89 Å². The van der Waals surface area contributed by atoms with Crippen LogP contribution < -0.4 is 11.1 Å². The lowest BCUT2D eigenvalue weighted by molar-refractivity contribution is 0.0963. The highest BCUT2D eigenvalue weighted by molar-refractivity contribution is 14.0. The number of amides is 1. The Hall–Kier alpha value is -1.26. The molecule has 0 radical (unpaired) electrons. The van der Waals surface area contributed by atoms with Crippen molar-refractivity contribution < 1.29 is 9.53 Å². The number of guanidine groups is 1. The van der Waals surface area contributed by atoms with Crippen molar-refractivity contribution in [3.8, 4) is 0 Å². The molecule has 1 aromatic carbocycles. The molecule has 1 amide bonds. The monoisotopic (exact) mass is 551 g/mol. The third-order valence-corrected chi connectivity index (χ3v) is 5.67. The van der Waals surface area contributed by atoms with E-state index in [1.165, 1.54) is 0 Å². The Morgan fingerprint density at radius 1 is 1.30 bits per heavy atom. The van der Waals surface area contributed by atoms with Gasteiger partial charge in [0.1, 0.15) is 0 Å². The van der Waals surface area contributed by atoms with Crippen LogP contribution in [0, 0.1) is 0 Å². The molecule has 0 bridgehead atoms. The fraction of sp³-hybridized carbons (Fsp3) is 0.619. The van der Waals surface area contributed by atoms with Crippen molar-refractivity contribution in [3.63, 3.8) is 0 Å². The maximum Gasteiger partial charge on any atom is 0.409 e. The highest BCUT2D eigenvalue weighted by Crippen LogP contribution is 2.27. The topological polar surface area (TPSA) is 83.2 Å². The van der Waals surface area contributed by atoms with Crippen LogP contribution in [0.4, 0.5) is 4.79 Å². The summed E-state index contributed by atoms with van der Waals surface area (Å²) in [5, 5.41) is 4.05. The van der Waals surface area contributed by atoms with Crippen LogP contribution in [-0.2, 0) is 4.74 Å². The molecule has 1 aliphatic rings. The van der Waals surface area contributed by atoms with Gasteiger partial charge in [0, 0.05) is 24.2 Å². The molecule has 1 fully saturated rings. The molecule has 170 valence electrons. The molecule has 2 rings (SSSR count). The van der Waals surface area contributed by atoms with Crippen LogP contribution in [-0.4, -0.2) is 67.2 Å². The first-order valence-corrected chi connectivity index (χ1v) is 10.8. The van der Waals surface area contributed by atoms with Gasteiger partial charge in [0.05, 0.1) is 19.2 Å². The first-order valence-electron chi connectivity index (χ1n) is 10.5. The Morgan fingerprint density at radius 3 is 2.50 bits per heavy atom. The summed E-state index contributed by atoms with van der Waals surface area (Å²) in [7, 11) is 0. The predicted octanol–water partition coefficient (Wildman–Crippen LogP) is 3.87. The lowest BCUT2D eigenvalue weighted by Crippen LogP contribution is -2.48. The number of hydrogen-bond acceptors (Lipinski definition) is 4. The summed E-state index contributed by atoms with van der Waals surface area (Å²) >= 11 is 6.45. The van der Waals surface area contributed by atoms with E-state index in [9.17, 15) is 4.79 Å². The third kappa shape index (κ3) is 7.77. The molecule has 0 spiro atoms. The lowest BCUT2D eigenvalue weighted by Gasteiger charge is -2.32. The summed E-state index contributed by atoms with van der Waals surface area (Å²) in [6.07, 6.45) is 1.40. The second kappa shape index (κ2) is 13.9. The molecule has 1 atom stereocenters. The zero-order valence-corrected chi connectivity index (χ0v) is 21.2. The van der Waals surface area contributed by atoms with Crippen LogP contribution in [0.25, 0.3) is 0 Å². The van der Waals surface area contributed by atoms with Crippen LogP contribution in [0.15, 0.2) is 29.3 Å². The van der Waals surface area contributed by atoms with Gasteiger partial charge in [-0.2, -0.15) is 0 Å². The summed E-state index contributed by atoms with van der Waals surface area (Å²) in [6.45, 7) is 10.1. The minimum Gasteiger partial charge on any atom is -0.450 e. The van der Waals surface area contributed by atoms with Crippen molar-refractivity contribution in [3.05, 3.63) is 34.9 Å². The Kier molecular flexibility index (Phi) is 12.4. The highest BCUT2D eigenvalue weighted by atomic mass is 127. The summed E-state index contributed by atoms with van der Waals surface area (Å²) < 4.78 is 5.06. The van der Waals surface area contributed by atoms with Crippen molar-refractivity contribution in [2.75, 3.05) is 39.3 Å². The van der Waals surface area contributed by atoms with E-state index in [0.717, 1.165) is 36.5 Å². The number of hydrogen-bond donors (Lipinski definition) is 2. The van der Waals surface area contributed by atoms with E-state index in [4.69, 9.17) is 22.1 Å². The number of halogens is 2. The van der Waals surface area contributed by atoms with Gasteiger partial charge >= 0.3 is 6.09 Å². The van der Waals surface area contributed by atoms with Gasteiger partial charge in [0.25, 0.3) is 0 Å². The molecular formula is C21H35ClIN5O2. The number of aliphatic imine (C=N–C) groups is 1. The first-order chi connectivity index (χ1) is 14.0. The molecule has 9 heteroatoms. The number of benzene rings is 1. The number of nitrogens with one attached hydrogen (secondary N) is 1. The molecule has 1 heterocycles. The van der Waals surface area contributed by atoms with Crippen molar-refractivity contribution in [2.24, 2.45) is 10.7 Å². The fourth-order valence-electron chi connectivity index (χ4n) is 3.68. The summed E-state index contributed by atoms with van der Waals surface area (Å²) in [5.74, 6) is 0.434. The van der Waals surface area contributed by atoms with E-state index in [0.29, 0.717) is 32.2 Å². The molecule has 3 N–H and O–H groups in total. The number of carbonyl (C=O) groups excluding carboxylic acids is 1. The predicted molar refractivity (Wildman–Crippen MR) is 134 cm³/mol. The number of likely N-dealkylation sites (N-methyl/N-ethyl adjacent to an activating group) is 1. The summed E-state index contributed by atoms with van der Waals surface area (Å²) in [5.41, 5.74) is 7.24. The fourth-order valence-corrected chi connectivity index (χ4v) is 3.94. The highest BCUT2D eigenvalue weighted by Gasteiger charge is 2.24. The van der Waals surface area contributed by atoms with Gasteiger partial charge in [-0.15, -0.1) is 24.0 Å². The molecule has 1 unspecified atom stereocenters. The van der Waals surface area contributed by atoms with Crippen LogP contribution in [0.5, 0.6) is 0 Å². The van der Waals surface area contributed by atoms with E-state index in [1.54, 1.807) is 4.90 Å². The van der Waals surface area contributed by atoms with Crippen LogP contribution in [0.2, 0.25) is 5.02 Å². The number of likely N-dealkylation sites (tertiary alicyclic amines) is 1. The van der Waals surface area contributed by atoms with E-state index < -0.39 is 0 Å². The largest absolute Gasteiger partial charge is 0.450 e. The van der Waals surface area contributed by atoms with Gasteiger partial charge in [-0.25, -0.2) is 4.79 Å². The van der Waals surface area contributed by atoms with Gasteiger partial charge in [-0.05, 0) is 44.5 Å². The molecule has 1 aromatic rings. The second-order valence-electron chi connectivity index (χ2n) is 7.09. The number of nitrogens with two attached hydrogens (primary N) is 1. The minimum atomic E-state index is -0.241. The SMILES string of the molecule is CCOC(=O)N1CCC(NC(N)=NCC(c2ccccc2Cl)N(CC)CC)CC1.I. The van der Waals surface area contributed by atoms with E-state index in [1.807, 2.05) is 25.1 Å². The van der Waals surface area contributed by atoms with Gasteiger partial charge in [-0.1, -0.05) is 43.6 Å². The molecule has 1 aliphatic heterocycles. The van der Waals surface area contributed by atoms with Gasteiger partial charge in [0.2, 0.25) is 0 Å². The average Bonchev–Trinajstić information content (AvgIpc) is 2.72.